The highest BCUT2D eigenvalue weighted by molar-refractivity contribution is 6.06. The Hall–Kier alpha value is -4.72. The topological polar surface area (TPSA) is 130 Å². The zero-order chi connectivity index (χ0) is 29.0. The molecule has 0 unspecified atom stereocenters. The minimum absolute atomic E-state index is 0.322. The van der Waals surface area contributed by atoms with Crippen molar-refractivity contribution in [3.63, 3.8) is 0 Å². The molecule has 4 aromatic rings. The number of pyridine rings is 2. The Morgan fingerprint density at radius 1 is 1.07 bits per heavy atom. The number of fused-ring (bicyclic) bond motifs is 1. The number of nitrogens with zero attached hydrogens (tertiary/aromatic N) is 4. The molecule has 0 spiro atoms. The number of halogens is 4. The molecule has 0 saturated carbocycles. The number of nitrogens with one attached hydrogen (secondary N) is 1. The molecule has 40 heavy (non-hydrogen) atoms. The van der Waals surface area contributed by atoms with Crippen LogP contribution in [0.3, 0.4) is 0 Å². The Labute approximate surface area is 224 Å². The first-order chi connectivity index (χ1) is 18.9. The largest absolute Gasteiger partial charge is 0.497 e. The zero-order valence-electron chi connectivity index (χ0n) is 20.9. The summed E-state index contributed by atoms with van der Waals surface area (Å²) in [7, 11) is 1.60. The van der Waals surface area contributed by atoms with E-state index >= 15 is 0 Å². The summed E-state index contributed by atoms with van der Waals surface area (Å²) in [6.07, 6.45) is -2.69. The smallest absolute Gasteiger partial charge is 0.490 e. The molecule has 14 heteroatoms. The first kappa shape index (κ1) is 28.3. The molecular formula is C26H23F4N5O5. The molecule has 0 atom stereocenters. The fourth-order valence-electron chi connectivity index (χ4n) is 3.87. The van der Waals surface area contributed by atoms with Gasteiger partial charge < -0.3 is 29.7 Å². The zero-order valence-corrected chi connectivity index (χ0v) is 20.9. The minimum Gasteiger partial charge on any atom is -0.497 e. The number of hydrogen-bond acceptors (Lipinski definition) is 7. The molecule has 3 N–H and O–H groups in total. The average molecular weight is 561 g/mol. The normalized spacial score (nSPS) is 13.3. The summed E-state index contributed by atoms with van der Waals surface area (Å²) in [6.45, 7) is 1.48. The van der Waals surface area contributed by atoms with Gasteiger partial charge in [0.2, 0.25) is 0 Å². The maximum absolute atomic E-state index is 13.8. The second kappa shape index (κ2) is 11.6. The number of aliphatic hydroxyl groups excluding tert-OH is 1. The molecule has 0 aliphatic carbocycles. The predicted octanol–water partition coefficient (Wildman–Crippen LogP) is 3.69. The SMILES string of the molecule is COc1ccc(Cn2c(C(=O)Nc3ccc(N4CC(O)C4)nc3)cc3cc(F)cnc32)cc1.O=C(O)C(F)(F)F. The summed E-state index contributed by atoms with van der Waals surface area (Å²) in [5.74, 6) is -2.10. The van der Waals surface area contributed by atoms with E-state index in [-0.39, 0.29) is 12.0 Å². The summed E-state index contributed by atoms with van der Waals surface area (Å²) >= 11 is 0. The number of carboxylic acid groups (broad SMARTS) is 1. The van der Waals surface area contributed by atoms with E-state index < -0.39 is 18.0 Å². The van der Waals surface area contributed by atoms with E-state index in [0.29, 0.717) is 42.0 Å². The number of anilines is 2. The maximum Gasteiger partial charge on any atom is 0.490 e. The number of aromatic nitrogens is 3. The van der Waals surface area contributed by atoms with Gasteiger partial charge in [-0.25, -0.2) is 19.2 Å². The quantitative estimate of drug-likeness (QED) is 0.304. The summed E-state index contributed by atoms with van der Waals surface area (Å²) in [4.78, 5) is 32.6. The third-order valence-corrected chi connectivity index (χ3v) is 5.87. The highest BCUT2D eigenvalue weighted by atomic mass is 19.4. The number of ether oxygens (including phenoxy) is 1. The van der Waals surface area contributed by atoms with Gasteiger partial charge in [0.25, 0.3) is 5.91 Å². The molecule has 0 bridgehead atoms. The van der Waals surface area contributed by atoms with Crippen molar-refractivity contribution in [1.29, 1.82) is 0 Å². The molecule has 1 saturated heterocycles. The Balaban J connectivity index is 0.000000470. The molecule has 0 radical (unpaired) electrons. The summed E-state index contributed by atoms with van der Waals surface area (Å²) in [6, 6.07) is 14.1. The van der Waals surface area contributed by atoms with Crippen molar-refractivity contribution in [2.45, 2.75) is 18.8 Å². The lowest BCUT2D eigenvalue weighted by Crippen LogP contribution is -2.51. The van der Waals surface area contributed by atoms with Gasteiger partial charge in [0.15, 0.2) is 0 Å². The van der Waals surface area contributed by atoms with Gasteiger partial charge in [0, 0.05) is 25.0 Å². The number of carboxylic acids is 1. The van der Waals surface area contributed by atoms with E-state index in [1.54, 1.807) is 36.1 Å². The van der Waals surface area contributed by atoms with Crippen LogP contribution in [-0.2, 0) is 11.3 Å². The van der Waals surface area contributed by atoms with Crippen molar-refractivity contribution in [2.24, 2.45) is 0 Å². The van der Waals surface area contributed by atoms with E-state index in [1.807, 2.05) is 29.2 Å². The molecule has 1 amide bonds. The van der Waals surface area contributed by atoms with Crippen LogP contribution in [0.4, 0.5) is 29.1 Å². The van der Waals surface area contributed by atoms with Gasteiger partial charge in [-0.3, -0.25) is 4.79 Å². The fraction of sp³-hybridized carbons (Fsp3) is 0.231. The molecule has 4 heterocycles. The van der Waals surface area contributed by atoms with Crippen molar-refractivity contribution in [3.8, 4) is 5.75 Å². The lowest BCUT2D eigenvalue weighted by molar-refractivity contribution is -0.192. The molecule has 1 aliphatic rings. The first-order valence-electron chi connectivity index (χ1n) is 11.7. The Kier molecular flexibility index (Phi) is 8.18. The fourth-order valence-corrected chi connectivity index (χ4v) is 3.87. The van der Waals surface area contributed by atoms with Gasteiger partial charge in [-0.1, -0.05) is 12.1 Å². The molecule has 1 aromatic carbocycles. The standard InChI is InChI=1S/C24H22FN5O3.C2HF3O2/c1-33-20-5-2-15(3-6-20)12-30-21(9-16-8-17(25)10-27-23(16)30)24(32)28-18-4-7-22(26-11-18)29-13-19(31)14-29;3-2(4,5)1(6)7/h2-11,19,31H,12-14H2,1H3,(H,28,32);(H,6,7). The Bertz CT molecular complexity index is 1500. The molecule has 1 fully saturated rings. The highest BCUT2D eigenvalue weighted by Crippen LogP contribution is 2.24. The second-order valence-corrected chi connectivity index (χ2v) is 8.75. The van der Waals surface area contributed by atoms with E-state index in [9.17, 15) is 27.5 Å². The van der Waals surface area contributed by atoms with Crippen LogP contribution in [0.1, 0.15) is 16.1 Å². The first-order valence-corrected chi connectivity index (χ1v) is 11.7. The van der Waals surface area contributed by atoms with Crippen molar-refractivity contribution >= 4 is 34.4 Å². The van der Waals surface area contributed by atoms with Gasteiger partial charge in [0.1, 0.15) is 28.7 Å². The second-order valence-electron chi connectivity index (χ2n) is 8.75. The highest BCUT2D eigenvalue weighted by Gasteiger charge is 2.38. The molecule has 10 nitrogen and oxygen atoms in total. The van der Waals surface area contributed by atoms with Crippen LogP contribution in [-0.4, -0.2) is 69.1 Å². The number of hydrogen-bond donors (Lipinski definition) is 3. The number of benzene rings is 1. The van der Waals surface area contributed by atoms with Crippen LogP contribution < -0.4 is 15.0 Å². The van der Waals surface area contributed by atoms with Crippen LogP contribution >= 0.6 is 0 Å². The third kappa shape index (κ3) is 6.64. The van der Waals surface area contributed by atoms with Gasteiger partial charge in [-0.05, 0) is 42.0 Å². The van der Waals surface area contributed by atoms with Gasteiger partial charge in [0.05, 0.1) is 31.3 Å². The molecule has 5 rings (SSSR count). The van der Waals surface area contributed by atoms with Crippen LogP contribution in [0.25, 0.3) is 11.0 Å². The lowest BCUT2D eigenvalue weighted by atomic mass is 10.2. The van der Waals surface area contributed by atoms with Crippen molar-refractivity contribution in [1.82, 2.24) is 14.5 Å². The number of carbonyl (C=O) groups excluding carboxylic acids is 1. The number of rotatable bonds is 6. The van der Waals surface area contributed by atoms with E-state index in [0.717, 1.165) is 23.3 Å². The lowest BCUT2D eigenvalue weighted by Gasteiger charge is -2.36. The summed E-state index contributed by atoms with van der Waals surface area (Å²) in [5, 5.41) is 20.0. The predicted molar refractivity (Wildman–Crippen MR) is 136 cm³/mol. The molecule has 3 aromatic heterocycles. The number of methoxy groups -OCH3 is 1. The average Bonchev–Trinajstić information content (AvgIpc) is 3.25. The van der Waals surface area contributed by atoms with E-state index in [4.69, 9.17) is 14.6 Å². The van der Waals surface area contributed by atoms with Crippen LogP contribution in [0.5, 0.6) is 5.75 Å². The summed E-state index contributed by atoms with van der Waals surface area (Å²) in [5.41, 5.74) is 2.34. The van der Waals surface area contributed by atoms with Crippen LogP contribution in [0.15, 0.2) is 60.9 Å². The van der Waals surface area contributed by atoms with Gasteiger partial charge in [-0.15, -0.1) is 0 Å². The maximum atomic E-state index is 13.8. The monoisotopic (exact) mass is 561 g/mol. The van der Waals surface area contributed by atoms with Gasteiger partial charge >= 0.3 is 12.1 Å². The summed E-state index contributed by atoms with van der Waals surface area (Å²) < 4.78 is 52.5. The van der Waals surface area contributed by atoms with Crippen molar-refractivity contribution < 1.29 is 42.1 Å². The van der Waals surface area contributed by atoms with Crippen LogP contribution in [0.2, 0.25) is 0 Å². The molecular weight excluding hydrogens is 538 g/mol. The number of alkyl halides is 3. The van der Waals surface area contributed by atoms with Crippen LogP contribution in [0, 0.1) is 5.82 Å². The molecule has 1 aliphatic heterocycles. The third-order valence-electron chi connectivity index (χ3n) is 5.87. The van der Waals surface area contributed by atoms with Crippen molar-refractivity contribution in [2.75, 3.05) is 30.4 Å². The number of β-amino-alcohol motifs (C(OH)–C–C–N with tert-alkyl or cyclic N) is 1. The van der Waals surface area contributed by atoms with E-state index in [1.165, 1.54) is 6.07 Å². The molecule has 210 valence electrons. The van der Waals surface area contributed by atoms with Gasteiger partial charge in [-0.2, -0.15) is 13.2 Å². The number of aliphatic carboxylic acids is 1. The minimum atomic E-state index is -5.08. The van der Waals surface area contributed by atoms with E-state index in [2.05, 4.69) is 15.3 Å². The Morgan fingerprint density at radius 3 is 2.30 bits per heavy atom. The number of carbonyl (C=O) groups is 2. The number of amides is 1. The Morgan fingerprint density at radius 2 is 1.75 bits per heavy atom. The van der Waals surface area contributed by atoms with Crippen molar-refractivity contribution in [3.05, 3.63) is 78.0 Å². The number of aliphatic hydroxyl groups is 1.